The van der Waals surface area contributed by atoms with Crippen LogP contribution in [0.15, 0.2) is 208 Å². The van der Waals surface area contributed by atoms with Gasteiger partial charge in [-0.2, -0.15) is 5.10 Å². The topological polar surface area (TPSA) is 390 Å². The number of nitrogens with one attached hydrogen (secondary N) is 1. The van der Waals surface area contributed by atoms with Crippen molar-refractivity contribution in [3.05, 3.63) is 259 Å². The molecule has 0 bridgehead atoms. The molecule has 7 N–H and O–H groups in total. The number of aromatic nitrogens is 18. The third-order valence-corrected chi connectivity index (χ3v) is 20.2. The Bertz CT molecular complexity index is 5890. The minimum absolute atomic E-state index is 0.0544. The number of nitrogens with zero attached hydrogens (tertiary/aromatic N) is 20. The summed E-state index contributed by atoms with van der Waals surface area (Å²) in [7, 11) is 5.48. The lowest BCUT2D eigenvalue weighted by molar-refractivity contribution is -0.0685. The summed E-state index contributed by atoms with van der Waals surface area (Å²) >= 11 is 0. The summed E-state index contributed by atoms with van der Waals surface area (Å²) in [5.74, 6) is 1.37. The summed E-state index contributed by atoms with van der Waals surface area (Å²) in [5.41, 5.74) is 9.25. The Morgan fingerprint density at radius 2 is 0.889 bits per heavy atom. The number of halogens is 3. The van der Waals surface area contributed by atoms with E-state index in [9.17, 15) is 43.8 Å². The highest BCUT2D eigenvalue weighted by atomic mass is 19.1. The number of H-pyrrole nitrogens is 1. The smallest absolute Gasteiger partial charge is 0.167 e. The van der Waals surface area contributed by atoms with Gasteiger partial charge in [0.25, 0.3) is 0 Å². The molecule has 12 atom stereocenters. The maximum Gasteiger partial charge on any atom is 0.167 e. The SMILES string of the molecule is CN(Cc1cccc(F)c1)c1ncnc2c1ncn2[C@@H]1O[C@H](COCc2ccc(-n3cccn3)nc2)[C@@H](O)[C@H]1O.CN(Cc1cccc(F)c1)c1ncnc2c1ncn2[C@@H]1O[C@H](COCc2ccc3ccccc3n2)[C@@H](O)[C@H]1O.CN(Cc1cccc(F)c1)c1ncnc2c1ncn2[C@@H]1O[C@H](COCc2cnc3[nH]ccc3c2)[C@@H](O)[C@H]1O. The lowest BCUT2D eigenvalue weighted by atomic mass is 10.1. The van der Waals surface area contributed by atoms with Crippen molar-refractivity contribution in [2.45, 2.75) is 113 Å². The fourth-order valence-electron chi connectivity index (χ4n) is 14.3. The van der Waals surface area contributed by atoms with Crippen molar-refractivity contribution in [1.29, 1.82) is 0 Å². The van der Waals surface area contributed by atoms with E-state index >= 15 is 0 Å². The van der Waals surface area contributed by atoms with Crippen molar-refractivity contribution in [1.82, 2.24) is 88.3 Å². The third kappa shape index (κ3) is 17.3. The molecule has 0 unspecified atom stereocenters. The number of fused-ring (bicyclic) bond motifs is 5. The number of hydrogen-bond donors (Lipinski definition) is 7. The van der Waals surface area contributed by atoms with E-state index in [-0.39, 0.29) is 57.1 Å². The minimum atomic E-state index is -1.23. The quantitative estimate of drug-likeness (QED) is 0.0294. The molecule has 11 aromatic heterocycles. The average molecular weight is 1600 g/mol. The number of pyridine rings is 3. The monoisotopic (exact) mass is 1600 g/mol. The number of aromatic amines is 1. The van der Waals surface area contributed by atoms with Crippen molar-refractivity contribution in [2.75, 3.05) is 55.7 Å². The maximum absolute atomic E-state index is 13.6. The predicted molar refractivity (Wildman–Crippen MR) is 417 cm³/mol. The lowest BCUT2D eigenvalue weighted by Crippen LogP contribution is -2.33. The largest absolute Gasteiger partial charge is 0.387 e. The minimum Gasteiger partial charge on any atom is -0.387 e. The highest BCUT2D eigenvalue weighted by Gasteiger charge is 2.47. The molecule has 14 heterocycles. The number of aliphatic hydroxyl groups is 6. The Morgan fingerprint density at radius 1 is 0.427 bits per heavy atom. The fourth-order valence-corrected chi connectivity index (χ4v) is 14.3. The van der Waals surface area contributed by atoms with Crippen LogP contribution in [0.3, 0.4) is 0 Å². The second kappa shape index (κ2) is 35.0. The van der Waals surface area contributed by atoms with E-state index in [0.29, 0.717) is 76.4 Å². The molecule has 3 fully saturated rings. The van der Waals surface area contributed by atoms with Crippen LogP contribution >= 0.6 is 0 Å². The summed E-state index contributed by atoms with van der Waals surface area (Å²) in [6, 6.07) is 40.2. The van der Waals surface area contributed by atoms with Crippen LogP contribution in [0.2, 0.25) is 0 Å². The molecule has 0 radical (unpaired) electrons. The van der Waals surface area contributed by atoms with Crippen LogP contribution in [0.5, 0.6) is 0 Å². The summed E-state index contributed by atoms with van der Waals surface area (Å²) in [6.07, 6.45) is 5.15. The van der Waals surface area contributed by atoms with E-state index in [1.165, 1.54) is 74.4 Å². The Labute approximate surface area is 664 Å². The zero-order valence-electron chi connectivity index (χ0n) is 63.1. The molecular formula is C81H80F3N21O12. The van der Waals surface area contributed by atoms with Gasteiger partial charge in [-0.1, -0.05) is 66.7 Å². The third-order valence-electron chi connectivity index (χ3n) is 20.2. The average Bonchev–Trinajstić information content (AvgIpc) is 1.63. The van der Waals surface area contributed by atoms with Crippen LogP contribution in [0.4, 0.5) is 30.6 Å². The Kier molecular flexibility index (Phi) is 23.5. The van der Waals surface area contributed by atoms with E-state index in [1.807, 2.05) is 127 Å². The highest BCUT2D eigenvalue weighted by Crippen LogP contribution is 2.38. The van der Waals surface area contributed by atoms with E-state index in [4.69, 9.17) is 28.4 Å². The molecule has 18 rings (SSSR count). The van der Waals surface area contributed by atoms with Crippen molar-refractivity contribution in [3.8, 4) is 5.82 Å². The van der Waals surface area contributed by atoms with Gasteiger partial charge in [0.05, 0.1) is 69.8 Å². The second-order valence-electron chi connectivity index (χ2n) is 28.4. The zero-order chi connectivity index (χ0) is 80.8. The molecule has 3 aliphatic rings. The van der Waals surface area contributed by atoms with Gasteiger partial charge in [-0.25, -0.2) is 72.7 Å². The molecule has 4 aromatic carbocycles. The van der Waals surface area contributed by atoms with Gasteiger partial charge in [0, 0.05) is 82.5 Å². The van der Waals surface area contributed by atoms with Gasteiger partial charge in [0.15, 0.2) is 75.4 Å². The number of anilines is 3. The van der Waals surface area contributed by atoms with Gasteiger partial charge in [0.1, 0.15) is 97.0 Å². The van der Waals surface area contributed by atoms with E-state index < -0.39 is 73.6 Å². The van der Waals surface area contributed by atoms with Crippen LogP contribution in [-0.2, 0) is 67.9 Å². The molecule has 3 saturated heterocycles. The van der Waals surface area contributed by atoms with Crippen molar-refractivity contribution in [3.63, 3.8) is 0 Å². The predicted octanol–water partition coefficient (Wildman–Crippen LogP) is 7.32. The van der Waals surface area contributed by atoms with Crippen molar-refractivity contribution in [2.24, 2.45) is 0 Å². The normalized spacial score (nSPS) is 21.1. The van der Waals surface area contributed by atoms with Gasteiger partial charge in [-0.05, 0) is 101 Å². The summed E-state index contributed by atoms with van der Waals surface area (Å²) in [5, 5.41) is 70.6. The van der Waals surface area contributed by atoms with Crippen molar-refractivity contribution < 1.29 is 72.2 Å². The number of imidazole rings is 3. The van der Waals surface area contributed by atoms with Gasteiger partial charge in [-0.15, -0.1) is 0 Å². The number of ether oxygens (including phenoxy) is 6. The summed E-state index contributed by atoms with van der Waals surface area (Å²) < 4.78 is 82.7. The van der Waals surface area contributed by atoms with E-state index in [2.05, 4.69) is 69.9 Å². The van der Waals surface area contributed by atoms with Crippen LogP contribution in [0.1, 0.15) is 52.2 Å². The highest BCUT2D eigenvalue weighted by molar-refractivity contribution is 5.85. The number of rotatable bonds is 25. The van der Waals surface area contributed by atoms with Crippen LogP contribution in [-0.4, -0.2) is 215 Å². The first-order chi connectivity index (χ1) is 56.9. The number of para-hydroxylation sites is 1. The maximum atomic E-state index is 13.6. The molecular weight excluding hydrogens is 1520 g/mol. The van der Waals surface area contributed by atoms with Gasteiger partial charge < -0.3 is 78.7 Å². The zero-order valence-corrected chi connectivity index (χ0v) is 63.1. The number of hydrogen-bond acceptors (Lipinski definition) is 28. The van der Waals surface area contributed by atoms with Crippen LogP contribution in [0.25, 0.3) is 61.2 Å². The summed E-state index contributed by atoms with van der Waals surface area (Å²) in [6.45, 7) is 2.17. The molecule has 33 nitrogen and oxygen atoms in total. The van der Waals surface area contributed by atoms with Gasteiger partial charge in [-0.3, -0.25) is 18.7 Å². The van der Waals surface area contributed by atoms with E-state index in [0.717, 1.165) is 55.4 Å². The molecule has 0 spiro atoms. The standard InChI is InChI=1S/C28H27FN6O4.C27H27FN8O4.C26H26FN7O4/c1-34(12-17-5-4-7-19(29)11-17)26-23-27(31-15-30-26)35(16-32-23)28-25(37)24(36)22(39-28)14-38-13-20-10-9-18-6-2-3-8-21(18)33-20;1-34(12-17-4-2-5-19(28)10-17)25-22-26(31-15-30-25)35(16-32-22)27-24(38)23(37)20(40-27)14-39-13-18-6-7-21(29-11-18)36-9-3-8-33-36;1-33(10-15-3-2-4-18(27)8-15)24-20-25(31-13-30-24)34(14-32-20)26-22(36)21(35)19(38-26)12-37-11-16-7-17-5-6-28-23(17)29-9-16/h2-11,15-16,22,24-25,28,36-37H,12-14H2,1H3;2-11,15-16,20,23-24,27,37-38H,12-14H2,1H3;2-9,13-14,19,21-22,26,35-36H,10-12H2,1H3,(H,28,29)/t22-,24-,25-,28-;20-,23-,24-,27-;19-,21-,22-,26-/m111/s1. The Hall–Kier alpha value is -12.3. The summed E-state index contributed by atoms with van der Waals surface area (Å²) in [4.78, 5) is 61.4. The lowest BCUT2D eigenvalue weighted by Gasteiger charge is -2.19. The molecule has 0 saturated carbocycles. The van der Waals surface area contributed by atoms with E-state index in [1.54, 1.807) is 61.4 Å². The first-order valence-corrected chi connectivity index (χ1v) is 37.3. The number of aliphatic hydroxyl groups excluding tert-OH is 6. The second-order valence-corrected chi connectivity index (χ2v) is 28.4. The van der Waals surface area contributed by atoms with Gasteiger partial charge >= 0.3 is 0 Å². The Balaban J connectivity index is 0.000000131. The molecule has 3 aliphatic heterocycles. The molecule has 117 heavy (non-hydrogen) atoms. The fraction of sp³-hybridized carbons (Fsp3) is 0.296. The first kappa shape index (κ1) is 78.6. The molecule has 36 heteroatoms. The van der Waals surface area contributed by atoms with Gasteiger partial charge in [0.2, 0.25) is 0 Å². The molecule has 0 aliphatic carbocycles. The number of benzene rings is 4. The molecule has 0 amide bonds. The van der Waals surface area contributed by atoms with Crippen LogP contribution < -0.4 is 14.7 Å². The molecule has 15 aromatic rings. The molecule has 602 valence electrons. The van der Waals surface area contributed by atoms with Crippen molar-refractivity contribution >= 4 is 72.9 Å². The first-order valence-electron chi connectivity index (χ1n) is 37.3. The van der Waals surface area contributed by atoms with Crippen LogP contribution in [0, 0.1) is 17.5 Å². The Morgan fingerprint density at radius 3 is 1.34 bits per heavy atom.